The van der Waals surface area contributed by atoms with Crippen LogP contribution in [0.4, 0.5) is 0 Å². The molecular weight excluding hydrogens is 349 g/mol. The van der Waals surface area contributed by atoms with E-state index in [1.54, 1.807) is 12.1 Å². The van der Waals surface area contributed by atoms with Gasteiger partial charge in [0.05, 0.1) is 16.6 Å². The first-order valence-corrected chi connectivity index (χ1v) is 9.18. The van der Waals surface area contributed by atoms with Crippen molar-refractivity contribution >= 4 is 29.1 Å². The highest BCUT2D eigenvalue weighted by molar-refractivity contribution is 6.42. The summed E-state index contributed by atoms with van der Waals surface area (Å²) in [7, 11) is 0. The summed E-state index contributed by atoms with van der Waals surface area (Å²) in [6.45, 7) is 5.08. The van der Waals surface area contributed by atoms with Gasteiger partial charge < -0.3 is 15.3 Å². The first-order chi connectivity index (χ1) is 11.5. The summed E-state index contributed by atoms with van der Waals surface area (Å²) in [5, 5.41) is 14.4. The highest BCUT2D eigenvalue weighted by Gasteiger charge is 2.42. The Kier molecular flexibility index (Phi) is 4.37. The number of aromatic hydroxyl groups is 1. The highest BCUT2D eigenvalue weighted by atomic mass is 35.5. The Morgan fingerprint density at radius 3 is 2.75 bits per heavy atom. The average Bonchev–Trinajstić information content (AvgIpc) is 2.91. The van der Waals surface area contributed by atoms with Gasteiger partial charge in [-0.25, -0.2) is 0 Å². The summed E-state index contributed by atoms with van der Waals surface area (Å²) in [5.74, 6) is 1.04. The van der Waals surface area contributed by atoms with Gasteiger partial charge in [0, 0.05) is 50.2 Å². The number of hydrogen-bond acceptors (Lipinski definition) is 4. The summed E-state index contributed by atoms with van der Waals surface area (Å²) < 4.78 is 0. The van der Waals surface area contributed by atoms with Crippen molar-refractivity contribution < 1.29 is 9.90 Å². The second-order valence-corrected chi connectivity index (χ2v) is 7.93. The minimum Gasteiger partial charge on any atom is -0.508 e. The lowest BCUT2D eigenvalue weighted by Crippen LogP contribution is -2.57. The van der Waals surface area contributed by atoms with Crippen molar-refractivity contribution in [2.75, 3.05) is 39.3 Å². The van der Waals surface area contributed by atoms with Crippen LogP contribution in [-0.2, 0) is 4.79 Å². The van der Waals surface area contributed by atoms with E-state index < -0.39 is 0 Å². The van der Waals surface area contributed by atoms with Crippen LogP contribution in [-0.4, -0.2) is 66.1 Å². The zero-order valence-corrected chi connectivity index (χ0v) is 14.9. The molecule has 2 atom stereocenters. The second-order valence-electron chi connectivity index (χ2n) is 7.15. The Hall–Kier alpha value is -1.01. The Labute approximate surface area is 151 Å². The molecule has 130 valence electrons. The molecule has 0 spiro atoms. The second kappa shape index (κ2) is 6.37. The Morgan fingerprint density at radius 1 is 1.25 bits per heavy atom. The maximum Gasteiger partial charge on any atom is 0.237 e. The summed E-state index contributed by atoms with van der Waals surface area (Å²) in [4.78, 5) is 16.8. The number of phenols is 1. The van der Waals surface area contributed by atoms with Crippen molar-refractivity contribution in [3.05, 3.63) is 27.7 Å². The predicted molar refractivity (Wildman–Crippen MR) is 93.8 cm³/mol. The molecule has 3 saturated heterocycles. The number of fused-ring (bicyclic) bond motifs is 1. The maximum absolute atomic E-state index is 12.5. The molecule has 7 heteroatoms. The monoisotopic (exact) mass is 369 g/mol. The smallest absolute Gasteiger partial charge is 0.237 e. The fourth-order valence-electron chi connectivity index (χ4n) is 4.18. The number of rotatable bonds is 3. The molecule has 0 saturated carbocycles. The predicted octanol–water partition coefficient (Wildman–Crippen LogP) is 1.92. The van der Waals surface area contributed by atoms with E-state index in [2.05, 4.69) is 10.2 Å². The summed E-state index contributed by atoms with van der Waals surface area (Å²) in [6.07, 6.45) is 0.818. The number of piperazine rings is 1. The van der Waals surface area contributed by atoms with E-state index in [4.69, 9.17) is 23.2 Å². The molecule has 5 nitrogen and oxygen atoms in total. The Balaban J connectivity index is 1.51. The standard InChI is InChI=1S/C17H21Cl2N3O2/c18-13-1-2-14(23)16(17(13)19)11-3-12-8-21(6-10-4-20-5-10)9-15(24)22(12)7-11/h1-2,10-12,20,23H,3-9H2/t11-,12-/m0/s1. The fraction of sp³-hybridized carbons (Fsp3) is 0.588. The quantitative estimate of drug-likeness (QED) is 0.854. The van der Waals surface area contributed by atoms with Crippen molar-refractivity contribution in [3.8, 4) is 5.75 Å². The number of amides is 1. The number of nitrogens with one attached hydrogen (secondary N) is 1. The van der Waals surface area contributed by atoms with Gasteiger partial charge in [-0.3, -0.25) is 9.69 Å². The zero-order chi connectivity index (χ0) is 16.8. The van der Waals surface area contributed by atoms with E-state index in [9.17, 15) is 9.90 Å². The first kappa shape index (κ1) is 16.5. The maximum atomic E-state index is 12.5. The van der Waals surface area contributed by atoms with Crippen LogP contribution in [0.1, 0.15) is 17.9 Å². The van der Waals surface area contributed by atoms with Gasteiger partial charge in [-0.15, -0.1) is 0 Å². The van der Waals surface area contributed by atoms with E-state index in [1.165, 1.54) is 0 Å². The van der Waals surface area contributed by atoms with Gasteiger partial charge >= 0.3 is 0 Å². The summed E-state index contributed by atoms with van der Waals surface area (Å²) in [5.41, 5.74) is 0.682. The molecule has 3 aliphatic rings. The lowest BCUT2D eigenvalue weighted by atomic mass is 9.95. The number of halogens is 2. The lowest BCUT2D eigenvalue weighted by molar-refractivity contribution is -0.138. The molecule has 2 N–H and O–H groups in total. The number of phenolic OH excluding ortho intramolecular Hbond substituents is 1. The van der Waals surface area contributed by atoms with Gasteiger partial charge in [0.25, 0.3) is 0 Å². The third kappa shape index (κ3) is 2.88. The van der Waals surface area contributed by atoms with Gasteiger partial charge in [0.15, 0.2) is 0 Å². The lowest BCUT2D eigenvalue weighted by Gasteiger charge is -2.40. The van der Waals surface area contributed by atoms with Crippen LogP contribution >= 0.6 is 23.2 Å². The van der Waals surface area contributed by atoms with Crippen LogP contribution in [0.2, 0.25) is 10.0 Å². The molecule has 0 aromatic heterocycles. The number of hydrogen-bond donors (Lipinski definition) is 2. The number of carbonyl (C=O) groups excluding carboxylic acids is 1. The van der Waals surface area contributed by atoms with Crippen LogP contribution < -0.4 is 5.32 Å². The first-order valence-electron chi connectivity index (χ1n) is 8.42. The highest BCUT2D eigenvalue weighted by Crippen LogP contribution is 2.43. The third-order valence-electron chi connectivity index (χ3n) is 5.46. The van der Waals surface area contributed by atoms with Crippen LogP contribution in [0.5, 0.6) is 5.75 Å². The van der Waals surface area contributed by atoms with Crippen molar-refractivity contribution in [2.24, 2.45) is 5.92 Å². The van der Waals surface area contributed by atoms with E-state index in [0.29, 0.717) is 34.6 Å². The summed E-state index contributed by atoms with van der Waals surface area (Å²) in [6, 6.07) is 3.38. The molecule has 4 rings (SSSR count). The van der Waals surface area contributed by atoms with Crippen molar-refractivity contribution in [1.29, 1.82) is 0 Å². The molecular formula is C17H21Cl2N3O2. The van der Waals surface area contributed by atoms with Gasteiger partial charge in [-0.2, -0.15) is 0 Å². The van der Waals surface area contributed by atoms with Crippen LogP contribution in [0, 0.1) is 5.92 Å². The van der Waals surface area contributed by atoms with Crippen LogP contribution in [0.25, 0.3) is 0 Å². The Morgan fingerprint density at radius 2 is 2.04 bits per heavy atom. The van der Waals surface area contributed by atoms with Crippen molar-refractivity contribution in [3.63, 3.8) is 0 Å². The number of benzene rings is 1. The number of carbonyl (C=O) groups is 1. The van der Waals surface area contributed by atoms with Crippen molar-refractivity contribution in [2.45, 2.75) is 18.4 Å². The molecule has 1 aromatic carbocycles. The van der Waals surface area contributed by atoms with Crippen molar-refractivity contribution in [1.82, 2.24) is 15.1 Å². The number of nitrogens with zero attached hydrogens (tertiary/aromatic N) is 2. The molecule has 0 bridgehead atoms. The van der Waals surface area contributed by atoms with Crippen LogP contribution in [0.15, 0.2) is 12.1 Å². The van der Waals surface area contributed by atoms with E-state index in [1.807, 2.05) is 4.90 Å². The SMILES string of the molecule is O=C1CN(CC2CNC2)C[C@@H]2C[C@H](c3c(O)ccc(Cl)c3Cl)CN12. The van der Waals surface area contributed by atoms with E-state index >= 15 is 0 Å². The molecule has 0 unspecified atom stereocenters. The van der Waals surface area contributed by atoms with Crippen LogP contribution in [0.3, 0.4) is 0 Å². The topological polar surface area (TPSA) is 55.8 Å². The van der Waals surface area contributed by atoms with E-state index in [-0.39, 0.29) is 23.6 Å². The molecule has 3 heterocycles. The molecule has 0 aliphatic carbocycles. The fourth-order valence-corrected chi connectivity index (χ4v) is 4.65. The summed E-state index contributed by atoms with van der Waals surface area (Å²) >= 11 is 12.4. The molecule has 0 radical (unpaired) electrons. The van der Waals surface area contributed by atoms with Gasteiger partial charge in [0.1, 0.15) is 5.75 Å². The molecule has 1 aromatic rings. The largest absolute Gasteiger partial charge is 0.508 e. The minimum absolute atomic E-state index is 0.0375. The minimum atomic E-state index is 0.0375. The van der Waals surface area contributed by atoms with Gasteiger partial charge in [0.2, 0.25) is 5.91 Å². The molecule has 24 heavy (non-hydrogen) atoms. The normalized spacial score (nSPS) is 28.1. The van der Waals surface area contributed by atoms with Gasteiger partial charge in [-0.1, -0.05) is 23.2 Å². The zero-order valence-electron chi connectivity index (χ0n) is 13.3. The third-order valence-corrected chi connectivity index (χ3v) is 6.28. The molecule has 3 fully saturated rings. The van der Waals surface area contributed by atoms with E-state index in [0.717, 1.165) is 32.6 Å². The van der Waals surface area contributed by atoms with Gasteiger partial charge in [-0.05, 0) is 24.5 Å². The molecule has 3 aliphatic heterocycles. The molecule has 1 amide bonds. The Bertz CT molecular complexity index is 665. The average molecular weight is 370 g/mol.